The van der Waals surface area contributed by atoms with Crippen LogP contribution < -0.4 is 0 Å². The second kappa shape index (κ2) is 6.14. The molecule has 2 atom stereocenters. The largest absolute Gasteiger partial charge is 0.296 e. The molecule has 1 aliphatic carbocycles. The molecule has 4 heteroatoms. The Morgan fingerprint density at radius 2 is 1.82 bits per heavy atom. The van der Waals surface area contributed by atoms with E-state index in [-0.39, 0.29) is 5.56 Å². The van der Waals surface area contributed by atoms with Crippen LogP contribution in [-0.2, 0) is 6.54 Å². The van der Waals surface area contributed by atoms with Gasteiger partial charge in [-0.1, -0.05) is 24.3 Å². The minimum atomic E-state index is -0.423. The van der Waals surface area contributed by atoms with Crippen molar-refractivity contribution in [1.29, 1.82) is 5.26 Å². The first-order valence-electron chi connectivity index (χ1n) is 10.5. The van der Waals surface area contributed by atoms with Crippen molar-refractivity contribution >= 4 is 0 Å². The molecule has 3 heterocycles. The van der Waals surface area contributed by atoms with E-state index in [2.05, 4.69) is 28.0 Å². The summed E-state index contributed by atoms with van der Waals surface area (Å²) in [6, 6.07) is 15.9. The van der Waals surface area contributed by atoms with Crippen LogP contribution in [0.3, 0.4) is 0 Å². The minimum Gasteiger partial charge on any atom is -0.296 e. The number of hydrogen-bond donors (Lipinski definition) is 0. The lowest BCUT2D eigenvalue weighted by molar-refractivity contribution is -0.166. The predicted molar refractivity (Wildman–Crippen MR) is 106 cm³/mol. The van der Waals surface area contributed by atoms with Crippen molar-refractivity contribution in [2.75, 3.05) is 13.1 Å². The molecule has 4 fully saturated rings. The fourth-order valence-electron chi connectivity index (χ4n) is 5.84. The molecule has 0 radical (unpaired) electrons. The van der Waals surface area contributed by atoms with Gasteiger partial charge in [0.1, 0.15) is 11.9 Å². The third-order valence-electron chi connectivity index (χ3n) is 7.27. The molecule has 2 aromatic rings. The number of benzene rings is 2. The molecule has 3 nitrogen and oxygen atoms in total. The SMILES string of the molecule is N#Cc1ccc(-c2cccc(CN3CC4CC5CC(C3)N54)c2C2CC2)cc1F. The van der Waals surface area contributed by atoms with E-state index in [1.54, 1.807) is 6.07 Å². The number of piperazine rings is 1. The van der Waals surface area contributed by atoms with Gasteiger partial charge in [-0.3, -0.25) is 9.80 Å². The zero-order valence-corrected chi connectivity index (χ0v) is 15.9. The van der Waals surface area contributed by atoms with E-state index < -0.39 is 5.82 Å². The second-order valence-corrected chi connectivity index (χ2v) is 9.03. The number of nitrogens with zero attached hydrogens (tertiary/aromatic N) is 3. The number of hydrogen-bond acceptors (Lipinski definition) is 3. The van der Waals surface area contributed by atoms with E-state index in [4.69, 9.17) is 5.26 Å². The average Bonchev–Trinajstić information content (AvgIpc) is 3.49. The standard InChI is InChI=1S/C24H24FN3/c25-23-8-16(6-7-17(23)11-26)22-3-1-2-18(24(22)15-4-5-15)12-27-13-20-9-19-10-21(14-27)28(19)20/h1-3,6-8,15,19-21H,4-5,9-10,12-14H2. The maximum atomic E-state index is 14.3. The second-order valence-electron chi connectivity index (χ2n) is 9.03. The van der Waals surface area contributed by atoms with Crippen molar-refractivity contribution in [3.63, 3.8) is 0 Å². The molecular formula is C24H24FN3. The van der Waals surface area contributed by atoms with Crippen molar-refractivity contribution in [3.05, 3.63) is 58.9 Å². The lowest BCUT2D eigenvalue weighted by Gasteiger charge is -2.66. The van der Waals surface area contributed by atoms with Crippen LogP contribution in [0.1, 0.15) is 48.3 Å². The maximum absolute atomic E-state index is 14.3. The predicted octanol–water partition coefficient (Wildman–Crippen LogP) is 4.27. The van der Waals surface area contributed by atoms with E-state index in [0.717, 1.165) is 35.8 Å². The number of halogens is 1. The van der Waals surface area contributed by atoms with Crippen molar-refractivity contribution < 1.29 is 4.39 Å². The summed E-state index contributed by atoms with van der Waals surface area (Å²) >= 11 is 0. The molecule has 4 aliphatic rings. The highest BCUT2D eigenvalue weighted by atomic mass is 19.1. The molecular weight excluding hydrogens is 349 g/mol. The molecule has 0 spiro atoms. The van der Waals surface area contributed by atoms with Crippen molar-refractivity contribution in [2.45, 2.75) is 56.3 Å². The number of likely N-dealkylation sites (tertiary alicyclic amines) is 1. The molecule has 0 bridgehead atoms. The van der Waals surface area contributed by atoms with Gasteiger partial charge in [-0.25, -0.2) is 4.39 Å². The highest BCUT2D eigenvalue weighted by Gasteiger charge is 2.54. The van der Waals surface area contributed by atoms with Crippen molar-refractivity contribution in [1.82, 2.24) is 9.80 Å². The molecule has 3 aliphatic heterocycles. The van der Waals surface area contributed by atoms with Crippen molar-refractivity contribution in [3.8, 4) is 17.2 Å². The van der Waals surface area contributed by atoms with Gasteiger partial charge in [0.05, 0.1) is 5.56 Å². The molecule has 0 N–H and O–H groups in total. The van der Waals surface area contributed by atoms with E-state index in [0.29, 0.717) is 5.92 Å². The summed E-state index contributed by atoms with van der Waals surface area (Å²) in [5, 5.41) is 9.03. The quantitative estimate of drug-likeness (QED) is 0.802. The van der Waals surface area contributed by atoms with Crippen LogP contribution >= 0.6 is 0 Å². The van der Waals surface area contributed by atoms with Gasteiger partial charge in [0, 0.05) is 37.8 Å². The molecule has 6 rings (SSSR count). The Labute approximate surface area is 165 Å². The topological polar surface area (TPSA) is 30.3 Å². The van der Waals surface area contributed by atoms with Gasteiger partial charge < -0.3 is 0 Å². The zero-order chi connectivity index (χ0) is 18.8. The summed E-state index contributed by atoms with van der Waals surface area (Å²) in [5.74, 6) is 0.177. The van der Waals surface area contributed by atoms with E-state index in [9.17, 15) is 4.39 Å². The molecule has 2 unspecified atom stereocenters. The molecule has 1 saturated carbocycles. The Morgan fingerprint density at radius 3 is 2.46 bits per heavy atom. The minimum absolute atomic E-state index is 0.116. The number of nitriles is 1. The third kappa shape index (κ3) is 2.53. The van der Waals surface area contributed by atoms with Gasteiger partial charge >= 0.3 is 0 Å². The maximum Gasteiger partial charge on any atom is 0.141 e. The van der Waals surface area contributed by atoms with E-state index in [1.165, 1.54) is 56.0 Å². The lowest BCUT2D eigenvalue weighted by atomic mass is 9.74. The highest BCUT2D eigenvalue weighted by Crippen LogP contribution is 2.48. The van der Waals surface area contributed by atoms with Crippen LogP contribution in [-0.4, -0.2) is 41.0 Å². The molecule has 2 aromatic carbocycles. The zero-order valence-electron chi connectivity index (χ0n) is 15.9. The lowest BCUT2D eigenvalue weighted by Crippen LogP contribution is -2.77. The molecule has 142 valence electrons. The van der Waals surface area contributed by atoms with E-state index >= 15 is 0 Å². The summed E-state index contributed by atoms with van der Waals surface area (Å²) < 4.78 is 14.3. The van der Waals surface area contributed by atoms with Crippen LogP contribution in [0.5, 0.6) is 0 Å². The van der Waals surface area contributed by atoms with Gasteiger partial charge in [-0.2, -0.15) is 5.26 Å². The molecule has 0 amide bonds. The number of piperidine rings is 1. The summed E-state index contributed by atoms with van der Waals surface area (Å²) in [6.07, 6.45) is 5.22. The van der Waals surface area contributed by atoms with Gasteiger partial charge in [-0.15, -0.1) is 0 Å². The summed E-state index contributed by atoms with van der Waals surface area (Å²) in [6.45, 7) is 3.38. The average molecular weight is 373 g/mol. The first kappa shape index (κ1) is 16.7. The Kier molecular flexibility index (Phi) is 3.66. The van der Waals surface area contributed by atoms with Gasteiger partial charge in [-0.05, 0) is 66.0 Å². The molecule has 0 aromatic heterocycles. The highest BCUT2D eigenvalue weighted by molar-refractivity contribution is 5.71. The molecule has 28 heavy (non-hydrogen) atoms. The summed E-state index contributed by atoms with van der Waals surface area (Å²) in [4.78, 5) is 5.37. The normalized spacial score (nSPS) is 28.8. The Morgan fingerprint density at radius 1 is 1.04 bits per heavy atom. The Bertz CT molecular complexity index is 974. The number of rotatable bonds is 4. The van der Waals surface area contributed by atoms with Gasteiger partial charge in [0.2, 0.25) is 0 Å². The fraction of sp³-hybridized carbons (Fsp3) is 0.458. The first-order valence-corrected chi connectivity index (χ1v) is 10.5. The monoisotopic (exact) mass is 373 g/mol. The van der Waals surface area contributed by atoms with Crippen LogP contribution in [0.25, 0.3) is 11.1 Å². The van der Waals surface area contributed by atoms with E-state index in [1.807, 2.05) is 12.1 Å². The van der Waals surface area contributed by atoms with Gasteiger partial charge in [0.15, 0.2) is 0 Å². The fourth-order valence-corrected chi connectivity index (χ4v) is 5.84. The molecule has 3 saturated heterocycles. The van der Waals surface area contributed by atoms with Crippen LogP contribution in [0.4, 0.5) is 4.39 Å². The third-order valence-corrected chi connectivity index (χ3v) is 7.27. The van der Waals surface area contributed by atoms with Crippen molar-refractivity contribution in [2.24, 2.45) is 0 Å². The Balaban J connectivity index is 1.33. The first-order chi connectivity index (χ1) is 13.7. The van der Waals surface area contributed by atoms with Crippen LogP contribution in [0, 0.1) is 17.1 Å². The Hall–Kier alpha value is -2.22. The summed E-state index contributed by atoms with van der Waals surface area (Å²) in [7, 11) is 0. The van der Waals surface area contributed by atoms with Crippen LogP contribution in [0.2, 0.25) is 0 Å². The van der Waals surface area contributed by atoms with Crippen LogP contribution in [0.15, 0.2) is 36.4 Å². The smallest absolute Gasteiger partial charge is 0.141 e. The van der Waals surface area contributed by atoms with Gasteiger partial charge in [0.25, 0.3) is 0 Å². The summed E-state index contributed by atoms with van der Waals surface area (Å²) in [5.41, 5.74) is 4.98.